The van der Waals surface area contributed by atoms with Gasteiger partial charge in [-0.25, -0.2) is 9.78 Å². The summed E-state index contributed by atoms with van der Waals surface area (Å²) >= 11 is 0. The quantitative estimate of drug-likeness (QED) is 0.810. The number of carboxylic acid groups (broad SMARTS) is 1. The number of fused-ring (bicyclic) bond motifs is 1. The predicted octanol–water partition coefficient (Wildman–Crippen LogP) is 0.802. The zero-order valence-corrected chi connectivity index (χ0v) is 9.30. The number of aryl methyl sites for hydroxylation is 1. The molecule has 16 heavy (non-hydrogen) atoms. The predicted molar refractivity (Wildman–Crippen MR) is 59.0 cm³/mol. The molecule has 0 atom stereocenters. The minimum absolute atomic E-state index is 0.00111. The maximum absolute atomic E-state index is 10.8. The van der Waals surface area contributed by atoms with E-state index in [1.165, 1.54) is 10.6 Å². The molecule has 0 radical (unpaired) electrons. The van der Waals surface area contributed by atoms with Gasteiger partial charge >= 0.3 is 5.97 Å². The van der Waals surface area contributed by atoms with Crippen LogP contribution in [0.15, 0.2) is 12.1 Å². The second kappa shape index (κ2) is 3.48. The SMILES string of the molecule is Cc1cc(N(C)C)n2nc(C(=O)O)cc2n1. The number of hydrogen-bond donors (Lipinski definition) is 1. The standard InChI is InChI=1S/C10H12N4O2/c1-6-4-9(13(2)3)14-8(11-6)5-7(12-14)10(15)16/h4-5H,1-3H3,(H,15,16). The number of anilines is 1. The normalized spacial score (nSPS) is 10.7. The first-order valence-corrected chi connectivity index (χ1v) is 4.77. The van der Waals surface area contributed by atoms with Crippen molar-refractivity contribution in [3.8, 4) is 0 Å². The summed E-state index contributed by atoms with van der Waals surface area (Å²) in [6, 6.07) is 3.31. The van der Waals surface area contributed by atoms with E-state index in [1.807, 2.05) is 32.0 Å². The fraction of sp³-hybridized carbons (Fsp3) is 0.300. The second-order valence-electron chi connectivity index (χ2n) is 3.75. The van der Waals surface area contributed by atoms with Crippen molar-refractivity contribution in [2.24, 2.45) is 0 Å². The Balaban J connectivity index is 2.75. The largest absolute Gasteiger partial charge is 0.476 e. The number of aromatic carboxylic acids is 1. The highest BCUT2D eigenvalue weighted by Gasteiger charge is 2.13. The monoisotopic (exact) mass is 220 g/mol. The first-order valence-electron chi connectivity index (χ1n) is 4.77. The third-order valence-electron chi connectivity index (χ3n) is 2.21. The van der Waals surface area contributed by atoms with Crippen LogP contribution >= 0.6 is 0 Å². The molecule has 1 N–H and O–H groups in total. The number of aromatic nitrogens is 3. The lowest BCUT2D eigenvalue weighted by Crippen LogP contribution is -2.14. The zero-order valence-electron chi connectivity index (χ0n) is 9.30. The Labute approximate surface area is 92.1 Å². The van der Waals surface area contributed by atoms with E-state index < -0.39 is 5.97 Å². The molecule has 2 aromatic heterocycles. The number of carboxylic acids is 1. The highest BCUT2D eigenvalue weighted by molar-refractivity contribution is 5.86. The van der Waals surface area contributed by atoms with Crippen LogP contribution < -0.4 is 4.90 Å². The summed E-state index contributed by atoms with van der Waals surface area (Å²) in [5.41, 5.74) is 1.37. The summed E-state index contributed by atoms with van der Waals surface area (Å²) in [6.07, 6.45) is 0. The summed E-state index contributed by atoms with van der Waals surface area (Å²) in [5, 5.41) is 12.9. The Bertz CT molecular complexity index is 559. The van der Waals surface area contributed by atoms with Gasteiger partial charge in [0.2, 0.25) is 0 Å². The van der Waals surface area contributed by atoms with E-state index in [2.05, 4.69) is 10.1 Å². The van der Waals surface area contributed by atoms with Crippen molar-refractivity contribution in [3.63, 3.8) is 0 Å². The summed E-state index contributed by atoms with van der Waals surface area (Å²) in [5.74, 6) is -0.247. The summed E-state index contributed by atoms with van der Waals surface area (Å²) in [7, 11) is 3.74. The van der Waals surface area contributed by atoms with E-state index in [0.29, 0.717) is 5.65 Å². The molecule has 0 saturated carbocycles. The maximum atomic E-state index is 10.8. The number of hydrogen-bond acceptors (Lipinski definition) is 4. The first-order chi connectivity index (χ1) is 7.49. The van der Waals surface area contributed by atoms with Gasteiger partial charge in [-0.2, -0.15) is 9.61 Å². The van der Waals surface area contributed by atoms with Crippen LogP contribution in [0.1, 0.15) is 16.2 Å². The molecule has 2 aromatic rings. The highest BCUT2D eigenvalue weighted by atomic mass is 16.4. The number of carbonyl (C=O) groups is 1. The van der Waals surface area contributed by atoms with Crippen LogP contribution in [0.25, 0.3) is 5.65 Å². The van der Waals surface area contributed by atoms with Crippen molar-refractivity contribution in [2.45, 2.75) is 6.92 Å². The number of rotatable bonds is 2. The van der Waals surface area contributed by atoms with E-state index in [1.54, 1.807) is 0 Å². The first kappa shape index (κ1) is 10.4. The Kier molecular flexibility index (Phi) is 2.26. The maximum Gasteiger partial charge on any atom is 0.356 e. The van der Waals surface area contributed by atoms with Gasteiger partial charge in [0.1, 0.15) is 5.82 Å². The van der Waals surface area contributed by atoms with Gasteiger partial charge in [-0.15, -0.1) is 0 Å². The van der Waals surface area contributed by atoms with Gasteiger partial charge in [0.15, 0.2) is 11.3 Å². The second-order valence-corrected chi connectivity index (χ2v) is 3.75. The molecule has 2 rings (SSSR count). The van der Waals surface area contributed by atoms with Gasteiger partial charge in [0.05, 0.1) is 0 Å². The van der Waals surface area contributed by atoms with E-state index in [-0.39, 0.29) is 5.69 Å². The molecule has 6 nitrogen and oxygen atoms in total. The molecule has 0 saturated heterocycles. The van der Waals surface area contributed by atoms with Crippen molar-refractivity contribution in [3.05, 3.63) is 23.5 Å². The van der Waals surface area contributed by atoms with E-state index in [0.717, 1.165) is 11.5 Å². The van der Waals surface area contributed by atoms with Crippen LogP contribution in [0.3, 0.4) is 0 Å². The number of nitrogens with zero attached hydrogens (tertiary/aromatic N) is 4. The Morgan fingerprint density at radius 2 is 2.12 bits per heavy atom. The van der Waals surface area contributed by atoms with Crippen molar-refractivity contribution < 1.29 is 9.90 Å². The van der Waals surface area contributed by atoms with Crippen molar-refractivity contribution in [1.29, 1.82) is 0 Å². The zero-order chi connectivity index (χ0) is 11.9. The van der Waals surface area contributed by atoms with Crippen LogP contribution in [0, 0.1) is 6.92 Å². The average Bonchev–Trinajstić information content (AvgIpc) is 2.59. The van der Waals surface area contributed by atoms with Crippen LogP contribution in [-0.2, 0) is 0 Å². The molecular formula is C10H12N4O2. The molecule has 0 aliphatic heterocycles. The van der Waals surface area contributed by atoms with Crippen molar-refractivity contribution >= 4 is 17.4 Å². The molecule has 0 spiro atoms. The molecule has 0 aromatic carbocycles. The topological polar surface area (TPSA) is 70.7 Å². The van der Waals surface area contributed by atoms with Gasteiger partial charge in [-0.3, -0.25) is 0 Å². The Hall–Kier alpha value is -2.11. The van der Waals surface area contributed by atoms with Crippen LogP contribution in [0.2, 0.25) is 0 Å². The van der Waals surface area contributed by atoms with Crippen molar-refractivity contribution in [1.82, 2.24) is 14.6 Å². The van der Waals surface area contributed by atoms with Crippen LogP contribution in [-0.4, -0.2) is 39.8 Å². The molecule has 0 fully saturated rings. The molecule has 0 unspecified atom stereocenters. The average molecular weight is 220 g/mol. The molecule has 2 heterocycles. The molecular weight excluding hydrogens is 208 g/mol. The fourth-order valence-corrected chi connectivity index (χ4v) is 1.50. The van der Waals surface area contributed by atoms with Gasteiger partial charge < -0.3 is 10.0 Å². The Morgan fingerprint density at radius 3 is 2.69 bits per heavy atom. The van der Waals surface area contributed by atoms with Gasteiger partial charge in [-0.1, -0.05) is 0 Å². The summed E-state index contributed by atoms with van der Waals surface area (Å²) in [6.45, 7) is 1.86. The summed E-state index contributed by atoms with van der Waals surface area (Å²) in [4.78, 5) is 16.9. The highest BCUT2D eigenvalue weighted by Crippen LogP contribution is 2.15. The smallest absolute Gasteiger partial charge is 0.356 e. The lowest BCUT2D eigenvalue weighted by atomic mass is 10.4. The minimum atomic E-state index is -1.05. The third-order valence-corrected chi connectivity index (χ3v) is 2.21. The fourth-order valence-electron chi connectivity index (χ4n) is 1.50. The minimum Gasteiger partial charge on any atom is -0.476 e. The molecule has 0 aliphatic carbocycles. The molecule has 84 valence electrons. The van der Waals surface area contributed by atoms with Crippen molar-refractivity contribution in [2.75, 3.05) is 19.0 Å². The Morgan fingerprint density at radius 1 is 1.44 bits per heavy atom. The van der Waals surface area contributed by atoms with Crippen LogP contribution in [0.4, 0.5) is 5.82 Å². The molecule has 0 bridgehead atoms. The van der Waals surface area contributed by atoms with Gasteiger partial charge in [-0.05, 0) is 6.92 Å². The van der Waals surface area contributed by atoms with Crippen LogP contribution in [0.5, 0.6) is 0 Å². The lowest BCUT2D eigenvalue weighted by molar-refractivity contribution is 0.0690. The van der Waals surface area contributed by atoms with E-state index in [4.69, 9.17) is 5.11 Å². The van der Waals surface area contributed by atoms with Gasteiger partial charge in [0, 0.05) is 31.9 Å². The van der Waals surface area contributed by atoms with Gasteiger partial charge in [0.25, 0.3) is 0 Å². The third kappa shape index (κ3) is 1.58. The van der Waals surface area contributed by atoms with E-state index in [9.17, 15) is 4.79 Å². The summed E-state index contributed by atoms with van der Waals surface area (Å²) < 4.78 is 1.52. The molecule has 0 amide bonds. The molecule has 6 heteroatoms. The molecule has 0 aliphatic rings. The lowest BCUT2D eigenvalue weighted by Gasteiger charge is -2.13. The van der Waals surface area contributed by atoms with E-state index >= 15 is 0 Å².